The first-order valence-electron chi connectivity index (χ1n) is 6.00. The average Bonchev–Trinajstić information content (AvgIpc) is 2.27. The molecule has 5 heteroatoms. The predicted octanol–water partition coefficient (Wildman–Crippen LogP) is 1.79. The molecule has 0 radical (unpaired) electrons. The van der Waals surface area contributed by atoms with Crippen molar-refractivity contribution < 1.29 is 8.42 Å². The van der Waals surface area contributed by atoms with Crippen molar-refractivity contribution in [3.63, 3.8) is 0 Å². The minimum Gasteiger partial charge on any atom is -0.326 e. The lowest BCUT2D eigenvalue weighted by molar-refractivity contribution is 0.410. The zero-order chi connectivity index (χ0) is 14.1. The molecule has 0 aromatic heterocycles. The molecule has 2 N–H and O–H groups in total. The summed E-state index contributed by atoms with van der Waals surface area (Å²) in [6.45, 7) is 7.81. The maximum Gasteiger partial charge on any atom is 0.243 e. The van der Waals surface area contributed by atoms with Crippen LogP contribution < -0.4 is 5.73 Å². The van der Waals surface area contributed by atoms with E-state index < -0.39 is 10.0 Å². The van der Waals surface area contributed by atoms with Crippen molar-refractivity contribution >= 4 is 10.0 Å². The van der Waals surface area contributed by atoms with Crippen LogP contribution in [0.25, 0.3) is 0 Å². The first-order chi connectivity index (χ1) is 8.21. The highest BCUT2D eigenvalue weighted by atomic mass is 32.2. The summed E-state index contributed by atoms with van der Waals surface area (Å²) in [5, 5.41) is 0. The maximum atomic E-state index is 12.5. The number of hydrogen-bond acceptors (Lipinski definition) is 3. The monoisotopic (exact) mass is 270 g/mol. The van der Waals surface area contributed by atoms with Gasteiger partial charge in [0.15, 0.2) is 0 Å². The molecule has 0 aliphatic rings. The van der Waals surface area contributed by atoms with Gasteiger partial charge in [0.2, 0.25) is 10.0 Å². The summed E-state index contributed by atoms with van der Waals surface area (Å²) in [7, 11) is -1.84. The SMILES string of the molecule is Cc1cc(C)c(S(=O)(=O)N(C)C(C)C)cc1CN. The fourth-order valence-corrected chi connectivity index (χ4v) is 3.43. The van der Waals surface area contributed by atoms with Crippen LogP contribution in [0, 0.1) is 13.8 Å². The number of hydrogen-bond donors (Lipinski definition) is 1. The first kappa shape index (κ1) is 15.1. The van der Waals surface area contributed by atoms with Crippen molar-refractivity contribution in [2.45, 2.75) is 45.2 Å². The first-order valence-corrected chi connectivity index (χ1v) is 7.44. The van der Waals surface area contributed by atoms with Crippen LogP contribution in [0.2, 0.25) is 0 Å². The fraction of sp³-hybridized carbons (Fsp3) is 0.538. The zero-order valence-corrected chi connectivity index (χ0v) is 12.5. The maximum absolute atomic E-state index is 12.5. The lowest BCUT2D eigenvalue weighted by Gasteiger charge is -2.22. The molecule has 18 heavy (non-hydrogen) atoms. The molecule has 0 fully saturated rings. The molecular weight excluding hydrogens is 248 g/mol. The summed E-state index contributed by atoms with van der Waals surface area (Å²) in [5.41, 5.74) is 8.30. The molecule has 0 spiro atoms. The highest BCUT2D eigenvalue weighted by Gasteiger charge is 2.25. The summed E-state index contributed by atoms with van der Waals surface area (Å²) < 4.78 is 26.3. The van der Waals surface area contributed by atoms with Crippen molar-refractivity contribution in [1.82, 2.24) is 4.31 Å². The van der Waals surface area contributed by atoms with Gasteiger partial charge in [0.05, 0.1) is 4.90 Å². The van der Waals surface area contributed by atoms with Crippen molar-refractivity contribution in [3.05, 3.63) is 28.8 Å². The highest BCUT2D eigenvalue weighted by molar-refractivity contribution is 7.89. The van der Waals surface area contributed by atoms with Gasteiger partial charge in [-0.2, -0.15) is 4.31 Å². The Labute approximate surface area is 110 Å². The van der Waals surface area contributed by atoms with Gasteiger partial charge in [-0.25, -0.2) is 8.42 Å². The van der Waals surface area contributed by atoms with Crippen LogP contribution in [-0.4, -0.2) is 25.8 Å². The molecular formula is C13H22N2O2S. The van der Waals surface area contributed by atoms with Crippen molar-refractivity contribution in [1.29, 1.82) is 0 Å². The molecule has 1 aromatic carbocycles. The van der Waals surface area contributed by atoms with Crippen LogP contribution in [0.15, 0.2) is 17.0 Å². The van der Waals surface area contributed by atoms with Crippen molar-refractivity contribution in [2.75, 3.05) is 7.05 Å². The van der Waals surface area contributed by atoms with Gasteiger partial charge in [-0.05, 0) is 50.5 Å². The van der Waals surface area contributed by atoms with Gasteiger partial charge in [0.1, 0.15) is 0 Å². The Kier molecular flexibility index (Phi) is 4.53. The topological polar surface area (TPSA) is 63.4 Å². The molecule has 0 aliphatic carbocycles. The van der Waals surface area contributed by atoms with Gasteiger partial charge in [-0.15, -0.1) is 0 Å². The van der Waals surface area contributed by atoms with E-state index in [0.717, 1.165) is 16.7 Å². The minimum absolute atomic E-state index is 0.0722. The van der Waals surface area contributed by atoms with Crippen LogP contribution in [0.4, 0.5) is 0 Å². The number of aryl methyl sites for hydroxylation is 2. The molecule has 0 bridgehead atoms. The van der Waals surface area contributed by atoms with E-state index >= 15 is 0 Å². The van der Waals surface area contributed by atoms with E-state index in [4.69, 9.17) is 5.73 Å². The summed E-state index contributed by atoms with van der Waals surface area (Å²) in [5.74, 6) is 0. The molecule has 0 aliphatic heterocycles. The standard InChI is InChI=1S/C13H22N2O2S/c1-9(2)15(5)18(16,17)13-7-12(8-14)10(3)6-11(13)4/h6-7,9H,8,14H2,1-5H3. The number of benzene rings is 1. The minimum atomic E-state index is -3.44. The molecule has 1 aromatic rings. The normalized spacial score (nSPS) is 12.4. The second-order valence-electron chi connectivity index (χ2n) is 4.86. The fourth-order valence-electron chi connectivity index (χ4n) is 1.80. The third-order valence-corrected chi connectivity index (χ3v) is 5.41. The molecule has 0 saturated carbocycles. The smallest absolute Gasteiger partial charge is 0.243 e. The van der Waals surface area contributed by atoms with Crippen LogP contribution in [0.5, 0.6) is 0 Å². The molecule has 0 atom stereocenters. The van der Waals surface area contributed by atoms with Crippen LogP contribution in [-0.2, 0) is 16.6 Å². The quantitative estimate of drug-likeness (QED) is 0.907. The Balaban J connectivity index is 3.42. The lowest BCUT2D eigenvalue weighted by Crippen LogP contribution is -2.33. The largest absolute Gasteiger partial charge is 0.326 e. The van der Waals surface area contributed by atoms with Gasteiger partial charge >= 0.3 is 0 Å². The number of nitrogens with two attached hydrogens (primary N) is 1. The summed E-state index contributed by atoms with van der Waals surface area (Å²) in [4.78, 5) is 0.352. The lowest BCUT2D eigenvalue weighted by atomic mass is 10.1. The van der Waals surface area contributed by atoms with Crippen LogP contribution in [0.3, 0.4) is 0 Å². The molecule has 1 rings (SSSR count). The van der Waals surface area contributed by atoms with Gasteiger partial charge < -0.3 is 5.73 Å². The van der Waals surface area contributed by atoms with Crippen LogP contribution >= 0.6 is 0 Å². The van der Waals surface area contributed by atoms with Crippen LogP contribution in [0.1, 0.15) is 30.5 Å². The van der Waals surface area contributed by atoms with E-state index in [0.29, 0.717) is 11.4 Å². The summed E-state index contributed by atoms with van der Waals surface area (Å²) in [6, 6.07) is 3.50. The molecule has 4 nitrogen and oxygen atoms in total. The predicted molar refractivity (Wildman–Crippen MR) is 73.9 cm³/mol. The third kappa shape index (κ3) is 2.74. The Morgan fingerprint density at radius 1 is 1.22 bits per heavy atom. The van der Waals surface area contributed by atoms with Gasteiger partial charge in [-0.1, -0.05) is 6.07 Å². The van der Waals surface area contributed by atoms with E-state index in [9.17, 15) is 8.42 Å². The zero-order valence-electron chi connectivity index (χ0n) is 11.7. The Morgan fingerprint density at radius 2 is 1.78 bits per heavy atom. The Morgan fingerprint density at radius 3 is 2.22 bits per heavy atom. The second-order valence-corrected chi connectivity index (χ2v) is 6.83. The molecule has 102 valence electrons. The van der Waals surface area contributed by atoms with Crippen molar-refractivity contribution in [3.8, 4) is 0 Å². The van der Waals surface area contributed by atoms with Gasteiger partial charge in [0.25, 0.3) is 0 Å². The second kappa shape index (κ2) is 5.38. The molecule has 0 amide bonds. The van der Waals surface area contributed by atoms with E-state index in [-0.39, 0.29) is 6.04 Å². The average molecular weight is 270 g/mol. The summed E-state index contributed by atoms with van der Waals surface area (Å²) >= 11 is 0. The van der Waals surface area contributed by atoms with Crippen molar-refractivity contribution in [2.24, 2.45) is 5.73 Å². The summed E-state index contributed by atoms with van der Waals surface area (Å²) in [6.07, 6.45) is 0. The molecule has 0 unspecified atom stereocenters. The number of nitrogens with zero attached hydrogens (tertiary/aromatic N) is 1. The third-order valence-electron chi connectivity index (χ3n) is 3.24. The van der Waals surface area contributed by atoms with Gasteiger partial charge in [0, 0.05) is 19.6 Å². The Bertz CT molecular complexity index is 536. The highest BCUT2D eigenvalue weighted by Crippen LogP contribution is 2.24. The van der Waals surface area contributed by atoms with E-state index in [2.05, 4.69) is 0 Å². The number of rotatable bonds is 4. The van der Waals surface area contributed by atoms with Gasteiger partial charge in [-0.3, -0.25) is 0 Å². The van der Waals surface area contributed by atoms with E-state index in [1.54, 1.807) is 13.1 Å². The number of sulfonamides is 1. The molecule has 0 saturated heterocycles. The Hall–Kier alpha value is -0.910. The molecule has 0 heterocycles. The van der Waals surface area contributed by atoms with E-state index in [1.165, 1.54) is 4.31 Å². The van der Waals surface area contributed by atoms with E-state index in [1.807, 2.05) is 33.8 Å².